The van der Waals surface area contributed by atoms with Crippen LogP contribution in [0.25, 0.3) is 0 Å². The summed E-state index contributed by atoms with van der Waals surface area (Å²) in [6.07, 6.45) is 0. The molecule has 0 bridgehead atoms. The average molecular weight is 434 g/mol. The summed E-state index contributed by atoms with van der Waals surface area (Å²) in [5.74, 6) is -1.13. The molecule has 2 amide bonds. The summed E-state index contributed by atoms with van der Waals surface area (Å²) in [4.78, 5) is 26.3. The Morgan fingerprint density at radius 1 is 1.38 bits per heavy atom. The van der Waals surface area contributed by atoms with E-state index in [0.29, 0.717) is 4.88 Å². The van der Waals surface area contributed by atoms with E-state index in [1.54, 1.807) is 25.1 Å². The molecule has 0 saturated heterocycles. The number of hydrogen-bond acceptors (Lipinski definition) is 3. The fraction of sp³-hybridized carbons (Fsp3) is 0.250. The lowest BCUT2D eigenvalue weighted by molar-refractivity contribution is -0.132. The zero-order valence-corrected chi connectivity index (χ0v) is 16.1. The quantitative estimate of drug-likeness (QED) is 0.772. The van der Waals surface area contributed by atoms with E-state index >= 15 is 0 Å². The Morgan fingerprint density at radius 2 is 2.08 bits per heavy atom. The first-order valence-electron chi connectivity index (χ1n) is 7.03. The zero-order chi connectivity index (χ0) is 17.9. The SMILES string of the molecule is CC(NC(=O)c1ccc(Br)s1)C(=O)N(C)Cc1c(F)cccc1Cl. The number of amides is 2. The van der Waals surface area contributed by atoms with Gasteiger partial charge in [0, 0.05) is 24.2 Å². The van der Waals surface area contributed by atoms with E-state index in [4.69, 9.17) is 11.6 Å². The van der Waals surface area contributed by atoms with Gasteiger partial charge in [0.05, 0.1) is 8.66 Å². The third-order valence-electron chi connectivity index (χ3n) is 3.35. The van der Waals surface area contributed by atoms with Gasteiger partial charge in [-0.05, 0) is 47.1 Å². The Balaban J connectivity index is 2.00. The Morgan fingerprint density at radius 3 is 2.67 bits per heavy atom. The summed E-state index contributed by atoms with van der Waals surface area (Å²) >= 11 is 10.5. The second kappa shape index (κ2) is 8.09. The van der Waals surface area contributed by atoms with Crippen molar-refractivity contribution in [2.75, 3.05) is 7.05 Å². The molecule has 0 saturated carbocycles. The Kier molecular flexibility index (Phi) is 6.37. The lowest BCUT2D eigenvalue weighted by Crippen LogP contribution is -2.45. The number of carbonyl (C=O) groups is 2. The van der Waals surface area contributed by atoms with Gasteiger partial charge in [-0.15, -0.1) is 11.3 Å². The van der Waals surface area contributed by atoms with Crippen LogP contribution in [0.15, 0.2) is 34.1 Å². The molecular weight excluding hydrogens is 419 g/mol. The number of benzene rings is 1. The maximum absolute atomic E-state index is 13.8. The molecule has 0 spiro atoms. The van der Waals surface area contributed by atoms with Crippen LogP contribution >= 0.6 is 38.9 Å². The average Bonchev–Trinajstić information content (AvgIpc) is 2.96. The molecule has 128 valence electrons. The van der Waals surface area contributed by atoms with Crippen molar-refractivity contribution in [2.24, 2.45) is 0 Å². The molecule has 2 aromatic rings. The monoisotopic (exact) mass is 432 g/mol. The minimum atomic E-state index is -0.742. The van der Waals surface area contributed by atoms with Crippen LogP contribution < -0.4 is 5.32 Å². The van der Waals surface area contributed by atoms with Gasteiger partial charge in [0.25, 0.3) is 5.91 Å². The third kappa shape index (κ3) is 4.55. The van der Waals surface area contributed by atoms with Gasteiger partial charge >= 0.3 is 0 Å². The van der Waals surface area contributed by atoms with E-state index in [0.717, 1.165) is 3.79 Å². The molecule has 0 aliphatic carbocycles. The first kappa shape index (κ1) is 18.9. The molecule has 1 N–H and O–H groups in total. The van der Waals surface area contributed by atoms with E-state index < -0.39 is 11.9 Å². The fourth-order valence-electron chi connectivity index (χ4n) is 2.09. The minimum Gasteiger partial charge on any atom is -0.340 e. The summed E-state index contributed by atoms with van der Waals surface area (Å²) in [5.41, 5.74) is 0.246. The Hall–Kier alpha value is -1.44. The lowest BCUT2D eigenvalue weighted by atomic mass is 10.2. The summed E-state index contributed by atoms with van der Waals surface area (Å²) in [6, 6.07) is 7.05. The van der Waals surface area contributed by atoms with Crippen LogP contribution in [0.4, 0.5) is 4.39 Å². The standard InChI is InChI=1S/C16H15BrClFN2O2S/c1-9(20-15(22)13-6-7-14(17)24-13)16(23)21(2)8-10-11(18)4-3-5-12(10)19/h3-7,9H,8H2,1-2H3,(H,20,22). The van der Waals surface area contributed by atoms with Crippen LogP contribution in [0, 0.1) is 5.82 Å². The highest BCUT2D eigenvalue weighted by molar-refractivity contribution is 9.11. The molecule has 4 nitrogen and oxygen atoms in total. The van der Waals surface area contributed by atoms with Crippen LogP contribution in [-0.2, 0) is 11.3 Å². The number of likely N-dealkylation sites (N-methyl/N-ethyl adjacent to an activating group) is 1. The largest absolute Gasteiger partial charge is 0.340 e. The molecule has 1 atom stereocenters. The summed E-state index contributed by atoms with van der Waals surface area (Å²) < 4.78 is 14.6. The maximum atomic E-state index is 13.8. The van der Waals surface area contributed by atoms with Crippen molar-refractivity contribution in [1.82, 2.24) is 10.2 Å². The molecule has 1 heterocycles. The molecule has 1 aromatic carbocycles. The number of rotatable bonds is 5. The van der Waals surface area contributed by atoms with Gasteiger partial charge in [-0.2, -0.15) is 0 Å². The maximum Gasteiger partial charge on any atom is 0.262 e. The van der Waals surface area contributed by atoms with Crippen molar-refractivity contribution < 1.29 is 14.0 Å². The number of nitrogens with one attached hydrogen (secondary N) is 1. The van der Waals surface area contributed by atoms with Crippen LogP contribution in [0.1, 0.15) is 22.2 Å². The summed E-state index contributed by atoms with van der Waals surface area (Å²) in [6.45, 7) is 1.61. The van der Waals surface area contributed by atoms with E-state index in [2.05, 4.69) is 21.2 Å². The number of nitrogens with zero attached hydrogens (tertiary/aromatic N) is 1. The predicted molar refractivity (Wildman–Crippen MR) is 96.8 cm³/mol. The molecule has 24 heavy (non-hydrogen) atoms. The predicted octanol–water partition coefficient (Wildman–Crippen LogP) is 4.08. The van der Waals surface area contributed by atoms with Gasteiger partial charge in [-0.1, -0.05) is 17.7 Å². The number of thiophene rings is 1. The van der Waals surface area contributed by atoms with Crippen molar-refractivity contribution in [1.29, 1.82) is 0 Å². The van der Waals surface area contributed by atoms with Gasteiger partial charge < -0.3 is 10.2 Å². The van der Waals surface area contributed by atoms with Crippen LogP contribution in [0.2, 0.25) is 5.02 Å². The Bertz CT molecular complexity index is 748. The first-order valence-corrected chi connectivity index (χ1v) is 9.02. The van der Waals surface area contributed by atoms with E-state index in [1.807, 2.05) is 0 Å². The molecule has 0 radical (unpaired) electrons. The highest BCUT2D eigenvalue weighted by Gasteiger charge is 2.22. The second-order valence-electron chi connectivity index (χ2n) is 5.19. The molecule has 0 aliphatic heterocycles. The topological polar surface area (TPSA) is 49.4 Å². The number of halogens is 3. The van der Waals surface area contributed by atoms with Crippen LogP contribution in [0.3, 0.4) is 0 Å². The summed E-state index contributed by atoms with van der Waals surface area (Å²) in [7, 11) is 1.54. The van der Waals surface area contributed by atoms with Crippen molar-refractivity contribution in [2.45, 2.75) is 19.5 Å². The molecule has 8 heteroatoms. The van der Waals surface area contributed by atoms with Crippen LogP contribution in [0.5, 0.6) is 0 Å². The molecule has 0 fully saturated rings. The minimum absolute atomic E-state index is 0.0229. The molecule has 1 unspecified atom stereocenters. The second-order valence-corrected chi connectivity index (χ2v) is 8.06. The first-order chi connectivity index (χ1) is 11.3. The van der Waals surface area contributed by atoms with E-state index in [9.17, 15) is 14.0 Å². The molecule has 1 aromatic heterocycles. The number of hydrogen-bond donors (Lipinski definition) is 1. The highest BCUT2D eigenvalue weighted by atomic mass is 79.9. The van der Waals surface area contributed by atoms with Gasteiger partial charge in [-0.3, -0.25) is 9.59 Å². The third-order valence-corrected chi connectivity index (χ3v) is 5.32. The molecule has 0 aliphatic rings. The van der Waals surface area contributed by atoms with E-state index in [-0.39, 0.29) is 28.9 Å². The normalized spacial score (nSPS) is 11.9. The highest BCUT2D eigenvalue weighted by Crippen LogP contribution is 2.22. The molecule has 2 rings (SSSR count). The van der Waals surface area contributed by atoms with E-state index in [1.165, 1.54) is 35.4 Å². The van der Waals surface area contributed by atoms with Crippen molar-refractivity contribution in [3.05, 3.63) is 55.4 Å². The molecular formula is C16H15BrClFN2O2S. The van der Waals surface area contributed by atoms with Crippen molar-refractivity contribution >= 4 is 50.7 Å². The van der Waals surface area contributed by atoms with Gasteiger partial charge in [0.15, 0.2) is 0 Å². The van der Waals surface area contributed by atoms with Crippen molar-refractivity contribution in [3.8, 4) is 0 Å². The Labute approximate surface area is 156 Å². The fourth-order valence-corrected chi connectivity index (χ4v) is 3.61. The summed E-state index contributed by atoms with van der Waals surface area (Å²) in [5, 5.41) is 2.90. The zero-order valence-electron chi connectivity index (χ0n) is 13.0. The number of carbonyl (C=O) groups excluding carboxylic acids is 2. The lowest BCUT2D eigenvalue weighted by Gasteiger charge is -2.22. The van der Waals surface area contributed by atoms with Gasteiger partial charge in [0.1, 0.15) is 11.9 Å². The van der Waals surface area contributed by atoms with Gasteiger partial charge in [-0.25, -0.2) is 4.39 Å². The van der Waals surface area contributed by atoms with Crippen molar-refractivity contribution in [3.63, 3.8) is 0 Å². The van der Waals surface area contributed by atoms with Gasteiger partial charge in [0.2, 0.25) is 5.91 Å². The smallest absolute Gasteiger partial charge is 0.262 e. The van der Waals surface area contributed by atoms with Crippen LogP contribution in [-0.4, -0.2) is 29.8 Å².